The van der Waals surface area contributed by atoms with Gasteiger partial charge in [-0.15, -0.1) is 0 Å². The third-order valence-corrected chi connectivity index (χ3v) is 4.10. The number of carbonyl (C=O) groups excluding carboxylic acids is 3. The van der Waals surface area contributed by atoms with Gasteiger partial charge in [0.05, 0.1) is 12.7 Å². The second kappa shape index (κ2) is 7.76. The molecule has 1 aliphatic rings. The first kappa shape index (κ1) is 19.8. The largest absolute Gasteiger partial charge is 0.465 e. The lowest BCUT2D eigenvalue weighted by molar-refractivity contribution is -0.120. The summed E-state index contributed by atoms with van der Waals surface area (Å²) in [5, 5.41) is 2.82. The lowest BCUT2D eigenvalue weighted by atomic mass is 10.1. The zero-order chi connectivity index (χ0) is 19.5. The van der Waals surface area contributed by atoms with Crippen LogP contribution in [0.5, 0.6) is 0 Å². The van der Waals surface area contributed by atoms with Crippen LogP contribution in [0.4, 0.5) is 10.5 Å². The van der Waals surface area contributed by atoms with Crippen molar-refractivity contribution in [2.24, 2.45) is 0 Å². The lowest BCUT2D eigenvalue weighted by Gasteiger charge is -2.28. The Morgan fingerprint density at radius 2 is 1.92 bits per heavy atom. The molecule has 0 bridgehead atoms. The first-order chi connectivity index (χ1) is 12.1. The van der Waals surface area contributed by atoms with E-state index in [4.69, 9.17) is 9.47 Å². The van der Waals surface area contributed by atoms with Crippen LogP contribution in [0.3, 0.4) is 0 Å². The highest BCUT2D eigenvalue weighted by molar-refractivity contribution is 5.99. The molecular formula is C19H26N2O5. The average Bonchev–Trinajstić information content (AvgIpc) is 3.04. The summed E-state index contributed by atoms with van der Waals surface area (Å²) < 4.78 is 10.1. The number of hydrogen-bond acceptors (Lipinski definition) is 5. The molecule has 7 nitrogen and oxygen atoms in total. The minimum absolute atomic E-state index is 0.293. The van der Waals surface area contributed by atoms with Crippen LogP contribution in [0.2, 0.25) is 0 Å². The van der Waals surface area contributed by atoms with Gasteiger partial charge in [-0.25, -0.2) is 9.59 Å². The summed E-state index contributed by atoms with van der Waals surface area (Å²) >= 11 is 0. The summed E-state index contributed by atoms with van der Waals surface area (Å²) in [5.41, 5.74) is 1.07. The number of methoxy groups -OCH3 is 1. The standard InChI is InChI=1S/C19H26N2O5/c1-12-8-9-13(17(23)25-5)11-14(12)20-16(22)15-7-6-10-21(15)18(24)26-19(2,3)4/h8-9,11,15H,6-7,10H2,1-5H3,(H,20,22)/t15-/m0/s1. The van der Waals surface area contributed by atoms with E-state index in [2.05, 4.69) is 5.32 Å². The van der Waals surface area contributed by atoms with Crippen LogP contribution in [0.1, 0.15) is 49.5 Å². The topological polar surface area (TPSA) is 84.9 Å². The van der Waals surface area contributed by atoms with E-state index in [9.17, 15) is 14.4 Å². The minimum atomic E-state index is -0.619. The Balaban J connectivity index is 2.14. The Labute approximate surface area is 153 Å². The van der Waals surface area contributed by atoms with Gasteiger partial charge in [0.25, 0.3) is 0 Å². The van der Waals surface area contributed by atoms with Gasteiger partial charge in [0.2, 0.25) is 5.91 Å². The molecule has 0 spiro atoms. The van der Waals surface area contributed by atoms with Crippen molar-refractivity contribution in [2.75, 3.05) is 19.0 Å². The fourth-order valence-electron chi connectivity index (χ4n) is 2.80. The molecule has 142 valence electrons. The van der Waals surface area contributed by atoms with Gasteiger partial charge in [0.1, 0.15) is 11.6 Å². The quantitative estimate of drug-likeness (QED) is 0.835. The predicted octanol–water partition coefficient (Wildman–Crippen LogP) is 3.12. The monoisotopic (exact) mass is 362 g/mol. The maximum absolute atomic E-state index is 12.7. The Kier molecular flexibility index (Phi) is 5.90. The number of esters is 1. The Bertz CT molecular complexity index is 708. The van der Waals surface area contributed by atoms with E-state index in [0.717, 1.165) is 12.0 Å². The minimum Gasteiger partial charge on any atom is -0.465 e. The molecule has 1 fully saturated rings. The van der Waals surface area contributed by atoms with Gasteiger partial charge in [0, 0.05) is 12.2 Å². The number of hydrogen-bond donors (Lipinski definition) is 1. The SMILES string of the molecule is COC(=O)c1ccc(C)c(NC(=O)[C@@H]2CCCN2C(=O)OC(C)(C)C)c1. The van der Waals surface area contributed by atoms with Crippen LogP contribution < -0.4 is 5.32 Å². The molecule has 0 aromatic heterocycles. The predicted molar refractivity (Wildman–Crippen MR) is 97.1 cm³/mol. The van der Waals surface area contributed by atoms with Gasteiger partial charge in [0.15, 0.2) is 0 Å². The molecule has 0 saturated carbocycles. The van der Waals surface area contributed by atoms with E-state index in [1.165, 1.54) is 12.0 Å². The summed E-state index contributed by atoms with van der Waals surface area (Å²) in [7, 11) is 1.30. The van der Waals surface area contributed by atoms with Crippen molar-refractivity contribution in [3.8, 4) is 0 Å². The maximum atomic E-state index is 12.7. The third kappa shape index (κ3) is 4.74. The number of carbonyl (C=O) groups is 3. The lowest BCUT2D eigenvalue weighted by Crippen LogP contribution is -2.45. The molecule has 2 amide bonds. The number of ether oxygens (including phenoxy) is 2. The smallest absolute Gasteiger partial charge is 0.410 e. The van der Waals surface area contributed by atoms with Gasteiger partial charge in [-0.2, -0.15) is 0 Å². The summed E-state index contributed by atoms with van der Waals surface area (Å²) in [5.74, 6) is -0.768. The van der Waals surface area contributed by atoms with Gasteiger partial charge in [-0.3, -0.25) is 9.69 Å². The number of benzene rings is 1. The molecular weight excluding hydrogens is 336 g/mol. The van der Waals surface area contributed by atoms with Crippen LogP contribution in [-0.2, 0) is 14.3 Å². The van der Waals surface area contributed by atoms with E-state index in [1.54, 1.807) is 39.0 Å². The summed E-state index contributed by atoms with van der Waals surface area (Å²) in [6.07, 6.45) is 0.814. The average molecular weight is 362 g/mol. The Morgan fingerprint density at radius 1 is 1.23 bits per heavy atom. The number of nitrogens with zero attached hydrogens (tertiary/aromatic N) is 1. The number of anilines is 1. The third-order valence-electron chi connectivity index (χ3n) is 4.10. The molecule has 1 heterocycles. The highest BCUT2D eigenvalue weighted by atomic mass is 16.6. The van der Waals surface area contributed by atoms with Crippen molar-refractivity contribution in [3.63, 3.8) is 0 Å². The maximum Gasteiger partial charge on any atom is 0.410 e. The molecule has 1 atom stereocenters. The fourth-order valence-corrected chi connectivity index (χ4v) is 2.80. The molecule has 0 radical (unpaired) electrons. The Hall–Kier alpha value is -2.57. The van der Waals surface area contributed by atoms with Crippen LogP contribution >= 0.6 is 0 Å². The summed E-state index contributed by atoms with van der Waals surface area (Å²) in [6.45, 7) is 7.68. The van der Waals surface area contributed by atoms with Crippen LogP contribution in [0.15, 0.2) is 18.2 Å². The number of rotatable bonds is 3. The molecule has 1 saturated heterocycles. The number of amides is 2. The number of nitrogens with one attached hydrogen (secondary N) is 1. The second-order valence-electron chi connectivity index (χ2n) is 7.34. The zero-order valence-electron chi connectivity index (χ0n) is 15.9. The highest BCUT2D eigenvalue weighted by Crippen LogP contribution is 2.24. The molecule has 2 rings (SSSR count). The van der Waals surface area contributed by atoms with E-state index in [0.29, 0.717) is 24.2 Å². The normalized spacial score (nSPS) is 17.0. The summed E-state index contributed by atoms with van der Waals surface area (Å²) in [6, 6.07) is 4.36. The first-order valence-corrected chi connectivity index (χ1v) is 8.62. The van der Waals surface area contributed by atoms with Gasteiger partial charge in [-0.05, 0) is 58.2 Å². The van der Waals surface area contributed by atoms with Crippen molar-refractivity contribution in [3.05, 3.63) is 29.3 Å². The van der Waals surface area contributed by atoms with Gasteiger partial charge < -0.3 is 14.8 Å². The highest BCUT2D eigenvalue weighted by Gasteiger charge is 2.36. The van der Waals surface area contributed by atoms with Gasteiger partial charge in [-0.1, -0.05) is 6.07 Å². The second-order valence-corrected chi connectivity index (χ2v) is 7.34. The molecule has 1 aliphatic heterocycles. The zero-order valence-corrected chi connectivity index (χ0v) is 15.9. The molecule has 1 aromatic rings. The van der Waals surface area contributed by atoms with E-state index >= 15 is 0 Å². The number of aryl methyl sites for hydroxylation is 1. The summed E-state index contributed by atoms with van der Waals surface area (Å²) in [4.78, 5) is 38.2. The van der Waals surface area contributed by atoms with Crippen molar-refractivity contribution < 1.29 is 23.9 Å². The molecule has 0 unspecified atom stereocenters. The van der Waals surface area contributed by atoms with Crippen molar-refractivity contribution >= 4 is 23.7 Å². The van der Waals surface area contributed by atoms with E-state index in [-0.39, 0.29) is 5.91 Å². The van der Waals surface area contributed by atoms with Crippen molar-refractivity contribution in [2.45, 2.75) is 52.2 Å². The number of likely N-dealkylation sites (tertiary alicyclic amines) is 1. The van der Waals surface area contributed by atoms with E-state index in [1.807, 2.05) is 6.92 Å². The van der Waals surface area contributed by atoms with Crippen molar-refractivity contribution in [1.82, 2.24) is 4.90 Å². The molecule has 0 aliphatic carbocycles. The van der Waals surface area contributed by atoms with E-state index < -0.39 is 23.7 Å². The molecule has 7 heteroatoms. The molecule has 1 aromatic carbocycles. The van der Waals surface area contributed by atoms with Gasteiger partial charge >= 0.3 is 12.1 Å². The van der Waals surface area contributed by atoms with Crippen LogP contribution in [0.25, 0.3) is 0 Å². The van der Waals surface area contributed by atoms with Crippen LogP contribution in [-0.4, -0.2) is 48.2 Å². The molecule has 26 heavy (non-hydrogen) atoms. The molecule has 1 N–H and O–H groups in total. The first-order valence-electron chi connectivity index (χ1n) is 8.62. The van der Waals surface area contributed by atoms with Crippen molar-refractivity contribution in [1.29, 1.82) is 0 Å². The van der Waals surface area contributed by atoms with Crippen LogP contribution in [0, 0.1) is 6.92 Å². The fraction of sp³-hybridized carbons (Fsp3) is 0.526. The Morgan fingerprint density at radius 3 is 2.54 bits per heavy atom.